The summed E-state index contributed by atoms with van der Waals surface area (Å²) < 4.78 is 5.09. The summed E-state index contributed by atoms with van der Waals surface area (Å²) in [5.41, 5.74) is 0.847. The molecule has 2 rings (SSSR count). The van der Waals surface area contributed by atoms with Gasteiger partial charge < -0.3 is 24.3 Å². The largest absolute Gasteiger partial charge is 0.550 e. The van der Waals surface area contributed by atoms with E-state index in [1.165, 1.54) is 0 Å². The molecule has 0 radical (unpaired) electrons. The summed E-state index contributed by atoms with van der Waals surface area (Å²) in [4.78, 5) is 24.0. The van der Waals surface area contributed by atoms with E-state index in [9.17, 15) is 14.7 Å². The molecule has 1 N–H and O–H groups in total. The van der Waals surface area contributed by atoms with Gasteiger partial charge in [-0.2, -0.15) is 0 Å². The molecule has 1 aromatic carbocycles. The molecule has 2 aromatic rings. The van der Waals surface area contributed by atoms with E-state index < -0.39 is 11.6 Å². The average Bonchev–Trinajstić information content (AvgIpc) is 2.37. The second-order valence-electron chi connectivity index (χ2n) is 4.47. The SMILES string of the molecule is CN(CCO)c1ccc2c(CC(=O)[O-])cc(=O)oc2c1. The summed E-state index contributed by atoms with van der Waals surface area (Å²) in [6.07, 6.45) is -0.339. The second-order valence-corrected chi connectivity index (χ2v) is 4.47. The minimum Gasteiger partial charge on any atom is -0.550 e. The summed E-state index contributed by atoms with van der Waals surface area (Å²) in [6, 6.07) is 6.27. The number of anilines is 1. The monoisotopic (exact) mass is 276 g/mol. The summed E-state index contributed by atoms with van der Waals surface area (Å²) in [6.45, 7) is 0.442. The van der Waals surface area contributed by atoms with E-state index in [1.54, 1.807) is 30.1 Å². The summed E-state index contributed by atoms with van der Waals surface area (Å²) in [7, 11) is 1.79. The van der Waals surface area contributed by atoms with Gasteiger partial charge in [0, 0.05) is 49.2 Å². The lowest BCUT2D eigenvalue weighted by Crippen LogP contribution is -2.25. The number of aliphatic hydroxyl groups excluding tert-OH is 1. The van der Waals surface area contributed by atoms with Gasteiger partial charge in [-0.05, 0) is 17.7 Å². The van der Waals surface area contributed by atoms with Crippen molar-refractivity contribution in [2.75, 3.05) is 25.1 Å². The molecule has 1 heterocycles. The quantitative estimate of drug-likeness (QED) is 0.741. The molecule has 0 aliphatic heterocycles. The molecule has 0 atom stereocenters. The topological polar surface area (TPSA) is 93.8 Å². The number of rotatable bonds is 5. The Labute approximate surface area is 114 Å². The lowest BCUT2D eigenvalue weighted by molar-refractivity contribution is -0.304. The fourth-order valence-corrected chi connectivity index (χ4v) is 2.04. The van der Waals surface area contributed by atoms with Gasteiger partial charge in [-0.3, -0.25) is 0 Å². The standard InChI is InChI=1S/C14H15NO5/c1-15(4-5-16)10-2-3-11-9(6-13(17)18)7-14(19)20-12(11)8-10/h2-3,7-8,16H,4-6H2,1H3,(H,17,18)/p-1. The van der Waals surface area contributed by atoms with Crippen LogP contribution in [0.1, 0.15) is 5.56 Å². The number of hydrogen-bond acceptors (Lipinski definition) is 6. The van der Waals surface area contributed by atoms with Crippen molar-refractivity contribution in [3.8, 4) is 0 Å². The number of aliphatic carboxylic acids is 1. The number of fused-ring (bicyclic) bond motifs is 1. The number of carbonyl (C=O) groups is 1. The van der Waals surface area contributed by atoms with Gasteiger partial charge in [0.05, 0.1) is 6.61 Å². The van der Waals surface area contributed by atoms with E-state index >= 15 is 0 Å². The van der Waals surface area contributed by atoms with Crippen molar-refractivity contribution in [1.82, 2.24) is 0 Å². The number of carboxylic acid groups (broad SMARTS) is 1. The first-order chi connectivity index (χ1) is 9.51. The van der Waals surface area contributed by atoms with Crippen LogP contribution in [-0.4, -0.2) is 31.3 Å². The third-order valence-corrected chi connectivity index (χ3v) is 3.02. The number of likely N-dealkylation sites (N-methyl/N-ethyl adjacent to an activating group) is 1. The molecule has 20 heavy (non-hydrogen) atoms. The first kappa shape index (κ1) is 14.1. The fraction of sp³-hybridized carbons (Fsp3) is 0.286. The van der Waals surface area contributed by atoms with Crippen LogP contribution in [0.4, 0.5) is 5.69 Å². The summed E-state index contributed by atoms with van der Waals surface area (Å²) in [5, 5.41) is 20.2. The predicted molar refractivity (Wildman–Crippen MR) is 71.6 cm³/mol. The Hall–Kier alpha value is -2.34. The molecule has 0 saturated carbocycles. The highest BCUT2D eigenvalue weighted by atomic mass is 16.4. The van der Waals surface area contributed by atoms with Crippen molar-refractivity contribution in [1.29, 1.82) is 0 Å². The van der Waals surface area contributed by atoms with Gasteiger partial charge in [0.25, 0.3) is 0 Å². The third-order valence-electron chi connectivity index (χ3n) is 3.02. The van der Waals surface area contributed by atoms with Crippen molar-refractivity contribution in [3.63, 3.8) is 0 Å². The molecule has 6 heteroatoms. The van der Waals surface area contributed by atoms with E-state index in [1.807, 2.05) is 0 Å². The van der Waals surface area contributed by atoms with Crippen molar-refractivity contribution in [2.45, 2.75) is 6.42 Å². The molecule has 0 saturated heterocycles. The van der Waals surface area contributed by atoms with E-state index in [2.05, 4.69) is 0 Å². The van der Waals surface area contributed by atoms with Crippen molar-refractivity contribution in [3.05, 3.63) is 40.2 Å². The molecule has 0 fully saturated rings. The molecule has 0 bridgehead atoms. The lowest BCUT2D eigenvalue weighted by atomic mass is 10.1. The van der Waals surface area contributed by atoms with Crippen molar-refractivity contribution < 1.29 is 19.4 Å². The van der Waals surface area contributed by atoms with Crippen LogP contribution in [0.3, 0.4) is 0 Å². The Kier molecular flexibility index (Phi) is 4.05. The molecule has 106 valence electrons. The van der Waals surface area contributed by atoms with Crippen LogP contribution in [0.2, 0.25) is 0 Å². The second kappa shape index (κ2) is 5.75. The van der Waals surface area contributed by atoms with Crippen LogP contribution in [-0.2, 0) is 11.2 Å². The number of aliphatic hydroxyl groups is 1. The Bertz CT molecular complexity index is 692. The third kappa shape index (κ3) is 2.97. The van der Waals surface area contributed by atoms with Gasteiger partial charge in [-0.15, -0.1) is 0 Å². The zero-order chi connectivity index (χ0) is 14.7. The van der Waals surface area contributed by atoms with E-state index in [0.29, 0.717) is 23.1 Å². The van der Waals surface area contributed by atoms with Gasteiger partial charge >= 0.3 is 5.63 Å². The number of benzene rings is 1. The zero-order valence-electron chi connectivity index (χ0n) is 11.0. The molecule has 0 aliphatic rings. The molecule has 0 amide bonds. The van der Waals surface area contributed by atoms with Crippen LogP contribution in [0.25, 0.3) is 11.0 Å². The maximum Gasteiger partial charge on any atom is 0.336 e. The van der Waals surface area contributed by atoms with E-state index in [4.69, 9.17) is 9.52 Å². The molecule has 1 aromatic heterocycles. The first-order valence-electron chi connectivity index (χ1n) is 6.10. The fourth-order valence-electron chi connectivity index (χ4n) is 2.04. The molecular formula is C14H14NO5-. The van der Waals surface area contributed by atoms with Crippen LogP contribution in [0.15, 0.2) is 33.5 Å². The highest BCUT2D eigenvalue weighted by Crippen LogP contribution is 2.23. The molecule has 0 spiro atoms. The first-order valence-corrected chi connectivity index (χ1v) is 6.10. The van der Waals surface area contributed by atoms with Gasteiger partial charge in [0.1, 0.15) is 5.58 Å². The Balaban J connectivity index is 2.53. The normalized spacial score (nSPS) is 10.7. The number of carboxylic acids is 1. The number of nitrogens with zero attached hydrogens (tertiary/aromatic N) is 1. The summed E-state index contributed by atoms with van der Waals surface area (Å²) in [5.74, 6) is -1.25. The molecular weight excluding hydrogens is 262 g/mol. The minimum atomic E-state index is -1.25. The van der Waals surface area contributed by atoms with Crippen molar-refractivity contribution >= 4 is 22.6 Å². The Morgan fingerprint density at radius 3 is 2.80 bits per heavy atom. The van der Waals surface area contributed by atoms with Gasteiger partial charge in [0.2, 0.25) is 0 Å². The van der Waals surface area contributed by atoms with E-state index in [-0.39, 0.29) is 13.0 Å². The highest BCUT2D eigenvalue weighted by molar-refractivity contribution is 5.86. The minimum absolute atomic E-state index is 0.00318. The predicted octanol–water partition coefficient (Wildman–Crippen LogP) is -0.486. The van der Waals surface area contributed by atoms with Crippen molar-refractivity contribution in [2.24, 2.45) is 0 Å². The maximum absolute atomic E-state index is 11.5. The van der Waals surface area contributed by atoms with Crippen LogP contribution >= 0.6 is 0 Å². The highest BCUT2D eigenvalue weighted by Gasteiger charge is 2.08. The van der Waals surface area contributed by atoms with Crippen LogP contribution < -0.4 is 15.6 Å². The Morgan fingerprint density at radius 1 is 1.40 bits per heavy atom. The maximum atomic E-state index is 11.5. The van der Waals surface area contributed by atoms with Gasteiger partial charge in [0.15, 0.2) is 0 Å². The summed E-state index contributed by atoms with van der Waals surface area (Å²) >= 11 is 0. The number of hydrogen-bond donors (Lipinski definition) is 1. The van der Waals surface area contributed by atoms with Gasteiger partial charge in [-0.25, -0.2) is 4.79 Å². The molecule has 0 aliphatic carbocycles. The smallest absolute Gasteiger partial charge is 0.336 e. The zero-order valence-corrected chi connectivity index (χ0v) is 11.0. The van der Waals surface area contributed by atoms with Crippen LogP contribution in [0, 0.1) is 0 Å². The van der Waals surface area contributed by atoms with Crippen LogP contribution in [0.5, 0.6) is 0 Å². The van der Waals surface area contributed by atoms with Gasteiger partial charge in [-0.1, -0.05) is 0 Å². The molecule has 0 unspecified atom stereocenters. The lowest BCUT2D eigenvalue weighted by Gasteiger charge is -2.18. The Morgan fingerprint density at radius 2 is 2.15 bits per heavy atom. The number of carbonyl (C=O) groups excluding carboxylic acids is 1. The average molecular weight is 276 g/mol. The molecule has 6 nitrogen and oxygen atoms in total. The van der Waals surface area contributed by atoms with E-state index in [0.717, 1.165) is 11.8 Å².